The molecule has 1 unspecified atom stereocenters. The first kappa shape index (κ1) is 12.9. The summed E-state index contributed by atoms with van der Waals surface area (Å²) >= 11 is 4.66. The van der Waals surface area contributed by atoms with Gasteiger partial charge < -0.3 is 5.73 Å². The summed E-state index contributed by atoms with van der Waals surface area (Å²) in [5, 5.41) is 3.11. The van der Waals surface area contributed by atoms with Crippen LogP contribution in [0.4, 0.5) is 5.69 Å². The number of thiocarbonyl (C=S) groups is 1. The molecule has 16 heavy (non-hydrogen) atoms. The van der Waals surface area contributed by atoms with Crippen molar-refractivity contribution < 1.29 is 8.42 Å². The van der Waals surface area contributed by atoms with Crippen molar-refractivity contribution in [3.8, 4) is 0 Å². The second-order valence-corrected chi connectivity index (χ2v) is 5.97. The first-order valence-corrected chi connectivity index (χ1v) is 6.50. The fourth-order valence-corrected chi connectivity index (χ4v) is 2.46. The van der Waals surface area contributed by atoms with Crippen LogP contribution in [0.3, 0.4) is 0 Å². The van der Waals surface area contributed by atoms with Crippen LogP contribution in [0.15, 0.2) is 6.20 Å². The van der Waals surface area contributed by atoms with E-state index in [2.05, 4.69) is 22.0 Å². The largest absolute Gasteiger partial charge is 0.392 e. The summed E-state index contributed by atoms with van der Waals surface area (Å²) in [5.74, 6) is 0. The lowest BCUT2D eigenvalue weighted by Crippen LogP contribution is -2.35. The SMILES string of the molecule is Cc1nn(C)cc1NS(=O)(=O)C(C)C(N)=S. The predicted molar refractivity (Wildman–Crippen MR) is 66.7 cm³/mol. The molecule has 0 aliphatic rings. The minimum atomic E-state index is -3.59. The maximum Gasteiger partial charge on any atom is 0.241 e. The van der Waals surface area contributed by atoms with E-state index < -0.39 is 15.3 Å². The van der Waals surface area contributed by atoms with Crippen molar-refractivity contribution in [1.29, 1.82) is 0 Å². The van der Waals surface area contributed by atoms with E-state index in [1.54, 1.807) is 20.2 Å². The van der Waals surface area contributed by atoms with E-state index in [-0.39, 0.29) is 4.99 Å². The third-order valence-corrected chi connectivity index (χ3v) is 4.32. The number of aromatic nitrogens is 2. The zero-order valence-corrected chi connectivity index (χ0v) is 10.9. The molecule has 0 bridgehead atoms. The summed E-state index contributed by atoms with van der Waals surface area (Å²) in [6.07, 6.45) is 1.58. The second kappa shape index (κ2) is 4.38. The number of nitrogens with zero attached hydrogens (tertiary/aromatic N) is 2. The van der Waals surface area contributed by atoms with Crippen LogP contribution in [0, 0.1) is 6.92 Å². The summed E-state index contributed by atoms with van der Waals surface area (Å²) in [5.41, 5.74) is 6.34. The van der Waals surface area contributed by atoms with Crippen LogP contribution in [-0.2, 0) is 17.1 Å². The molecular weight excluding hydrogens is 248 g/mol. The lowest BCUT2D eigenvalue weighted by Gasteiger charge is -2.12. The first-order chi connectivity index (χ1) is 7.24. The average Bonchev–Trinajstić information content (AvgIpc) is 2.43. The van der Waals surface area contributed by atoms with E-state index in [4.69, 9.17) is 5.73 Å². The highest BCUT2D eigenvalue weighted by molar-refractivity contribution is 7.95. The van der Waals surface area contributed by atoms with E-state index in [1.165, 1.54) is 11.6 Å². The average molecular weight is 262 g/mol. The zero-order valence-electron chi connectivity index (χ0n) is 9.26. The molecule has 1 heterocycles. The lowest BCUT2D eigenvalue weighted by atomic mass is 10.4. The second-order valence-electron chi connectivity index (χ2n) is 3.49. The Bertz CT molecular complexity index is 506. The smallest absolute Gasteiger partial charge is 0.241 e. The molecule has 1 atom stereocenters. The molecule has 0 spiro atoms. The molecule has 0 saturated carbocycles. The summed E-state index contributed by atoms with van der Waals surface area (Å²) in [6, 6.07) is 0. The molecule has 0 fully saturated rings. The minimum Gasteiger partial charge on any atom is -0.392 e. The molecule has 0 aliphatic heterocycles. The van der Waals surface area contributed by atoms with E-state index >= 15 is 0 Å². The van der Waals surface area contributed by atoms with E-state index in [1.807, 2.05) is 0 Å². The van der Waals surface area contributed by atoms with E-state index in [0.717, 1.165) is 0 Å². The minimum absolute atomic E-state index is 0.0611. The zero-order chi connectivity index (χ0) is 12.5. The van der Waals surface area contributed by atoms with Crippen molar-refractivity contribution in [1.82, 2.24) is 9.78 Å². The molecule has 3 N–H and O–H groups in total. The maximum atomic E-state index is 11.8. The number of hydrogen-bond acceptors (Lipinski definition) is 4. The molecule has 0 amide bonds. The van der Waals surface area contributed by atoms with Gasteiger partial charge in [-0.3, -0.25) is 9.40 Å². The fourth-order valence-electron chi connectivity index (χ4n) is 1.09. The summed E-state index contributed by atoms with van der Waals surface area (Å²) in [4.78, 5) is -0.0611. The molecule has 1 aromatic rings. The lowest BCUT2D eigenvalue weighted by molar-refractivity contribution is 0.598. The van der Waals surface area contributed by atoms with E-state index in [0.29, 0.717) is 11.4 Å². The molecule has 6 nitrogen and oxygen atoms in total. The topological polar surface area (TPSA) is 90.0 Å². The quantitative estimate of drug-likeness (QED) is 0.754. The Hall–Kier alpha value is -1.15. The third kappa shape index (κ3) is 2.70. The third-order valence-electron chi connectivity index (χ3n) is 2.13. The van der Waals surface area contributed by atoms with Crippen LogP contribution in [0.25, 0.3) is 0 Å². The van der Waals surface area contributed by atoms with Crippen molar-refractivity contribution in [2.75, 3.05) is 4.72 Å². The number of hydrogen-bond donors (Lipinski definition) is 2. The maximum absolute atomic E-state index is 11.8. The molecule has 1 rings (SSSR count). The van der Waals surface area contributed by atoms with Crippen molar-refractivity contribution >= 4 is 32.9 Å². The van der Waals surface area contributed by atoms with Gasteiger partial charge in [0.15, 0.2) is 0 Å². The van der Waals surface area contributed by atoms with Crippen molar-refractivity contribution in [2.24, 2.45) is 12.8 Å². The van der Waals surface area contributed by atoms with Gasteiger partial charge in [-0.05, 0) is 13.8 Å². The van der Waals surface area contributed by atoms with Gasteiger partial charge in [-0.15, -0.1) is 0 Å². The van der Waals surface area contributed by atoms with Gasteiger partial charge in [-0.1, -0.05) is 12.2 Å². The fraction of sp³-hybridized carbons (Fsp3) is 0.500. The first-order valence-electron chi connectivity index (χ1n) is 4.55. The number of nitrogens with two attached hydrogens (primary N) is 1. The number of sulfonamides is 1. The molecule has 0 radical (unpaired) electrons. The van der Waals surface area contributed by atoms with Gasteiger partial charge in [0.25, 0.3) is 0 Å². The van der Waals surface area contributed by atoms with Crippen LogP contribution in [0.5, 0.6) is 0 Å². The highest BCUT2D eigenvalue weighted by atomic mass is 32.2. The highest BCUT2D eigenvalue weighted by Crippen LogP contribution is 2.15. The molecular formula is C8H14N4O2S2. The van der Waals surface area contributed by atoms with Crippen molar-refractivity contribution in [3.05, 3.63) is 11.9 Å². The van der Waals surface area contributed by atoms with Crippen LogP contribution < -0.4 is 10.5 Å². The normalized spacial score (nSPS) is 13.4. The van der Waals surface area contributed by atoms with Crippen LogP contribution in [0.2, 0.25) is 0 Å². The summed E-state index contributed by atoms with van der Waals surface area (Å²) < 4.78 is 27.5. The molecule has 1 aromatic heterocycles. The molecule has 90 valence electrons. The Morgan fingerprint density at radius 2 is 2.25 bits per heavy atom. The number of anilines is 1. The number of rotatable bonds is 4. The van der Waals surface area contributed by atoms with Gasteiger partial charge in [0.05, 0.1) is 16.4 Å². The Kier molecular flexibility index (Phi) is 3.54. The van der Waals surface area contributed by atoms with Gasteiger partial charge in [0, 0.05) is 13.2 Å². The van der Waals surface area contributed by atoms with Gasteiger partial charge >= 0.3 is 0 Å². The van der Waals surface area contributed by atoms with Crippen LogP contribution >= 0.6 is 12.2 Å². The Labute approximate surface area is 99.9 Å². The van der Waals surface area contributed by atoms with Crippen LogP contribution in [0.1, 0.15) is 12.6 Å². The Balaban J connectivity index is 2.97. The van der Waals surface area contributed by atoms with E-state index in [9.17, 15) is 8.42 Å². The molecule has 0 aliphatic carbocycles. The monoisotopic (exact) mass is 262 g/mol. The standard InChI is InChI=1S/C8H14N4O2S2/c1-5-7(4-12(3)10-5)11-16(13,14)6(2)8(9)15/h4,6,11H,1-3H3,(H2,9,15). The Morgan fingerprint density at radius 3 is 2.62 bits per heavy atom. The van der Waals surface area contributed by atoms with Crippen LogP contribution in [-0.4, -0.2) is 28.4 Å². The summed E-state index contributed by atoms with van der Waals surface area (Å²) in [7, 11) is -1.88. The van der Waals surface area contributed by atoms with Gasteiger partial charge in [0.1, 0.15) is 5.25 Å². The number of aryl methyl sites for hydroxylation is 2. The Morgan fingerprint density at radius 1 is 1.69 bits per heavy atom. The van der Waals surface area contributed by atoms with Crippen molar-refractivity contribution in [2.45, 2.75) is 19.1 Å². The molecule has 0 saturated heterocycles. The number of nitrogens with one attached hydrogen (secondary N) is 1. The van der Waals surface area contributed by atoms with Crippen molar-refractivity contribution in [3.63, 3.8) is 0 Å². The summed E-state index contributed by atoms with van der Waals surface area (Å²) in [6.45, 7) is 3.15. The van der Waals surface area contributed by atoms with Gasteiger partial charge in [-0.25, -0.2) is 8.42 Å². The molecule has 0 aromatic carbocycles. The predicted octanol–water partition coefficient (Wildman–Crippen LogP) is 0.145. The molecule has 8 heteroatoms. The highest BCUT2D eigenvalue weighted by Gasteiger charge is 2.24. The van der Waals surface area contributed by atoms with Gasteiger partial charge in [0.2, 0.25) is 10.0 Å². The van der Waals surface area contributed by atoms with Gasteiger partial charge in [-0.2, -0.15) is 5.10 Å².